The van der Waals surface area contributed by atoms with Gasteiger partial charge in [-0.3, -0.25) is 0 Å². The van der Waals surface area contributed by atoms with E-state index >= 15 is 0 Å². The van der Waals surface area contributed by atoms with Gasteiger partial charge in [0.05, 0.1) is 5.56 Å². The van der Waals surface area contributed by atoms with Crippen LogP contribution < -0.4 is 0 Å². The number of aromatic hydroxyl groups is 2. The van der Waals surface area contributed by atoms with E-state index in [1.54, 1.807) is 43.3 Å². The Labute approximate surface area is 111 Å². The Morgan fingerprint density at radius 3 is 2.53 bits per heavy atom. The molecule has 0 aliphatic carbocycles. The number of phenolic OH excluding ortho intramolecular Hbond substituents is 2. The van der Waals surface area contributed by atoms with Crippen molar-refractivity contribution in [2.75, 3.05) is 0 Å². The average molecular weight is 257 g/mol. The van der Waals surface area contributed by atoms with Crippen LogP contribution in [0.5, 0.6) is 11.5 Å². The van der Waals surface area contributed by atoms with E-state index in [9.17, 15) is 15.4 Å². The monoisotopic (exact) mass is 257 g/mol. The summed E-state index contributed by atoms with van der Waals surface area (Å²) in [7, 11) is 0. The second kappa shape index (κ2) is 5.44. The molecular weight excluding hydrogens is 242 g/mol. The van der Waals surface area contributed by atoms with Crippen molar-refractivity contribution in [3.05, 3.63) is 64.4 Å². The maximum absolute atomic E-state index is 11.8. The van der Waals surface area contributed by atoms with Gasteiger partial charge < -0.3 is 15.4 Å². The van der Waals surface area contributed by atoms with E-state index in [2.05, 4.69) is 0 Å². The number of rotatable bonds is 3. The molecular formula is C15H15NO3. The van der Waals surface area contributed by atoms with E-state index in [-0.39, 0.29) is 18.0 Å². The third-order valence-electron chi connectivity index (χ3n) is 2.83. The number of benzene rings is 2. The van der Waals surface area contributed by atoms with Crippen LogP contribution in [0.15, 0.2) is 42.5 Å². The first-order valence-electron chi connectivity index (χ1n) is 5.91. The standard InChI is InChI=1S/C15H15NO3/c1-11-6-7-12(8-15(11)18)9-16(19)10-13-4-2-3-5-14(13)17/h2-8,10,17-18H,9H2,1H3/b16-10-. The van der Waals surface area contributed by atoms with E-state index in [0.29, 0.717) is 11.1 Å². The quantitative estimate of drug-likeness (QED) is 0.384. The highest BCUT2D eigenvalue weighted by Gasteiger charge is 2.04. The zero-order chi connectivity index (χ0) is 13.8. The molecule has 2 aromatic carbocycles. The van der Waals surface area contributed by atoms with Gasteiger partial charge in [0.15, 0.2) is 12.8 Å². The van der Waals surface area contributed by atoms with Crippen molar-refractivity contribution in [2.24, 2.45) is 0 Å². The van der Waals surface area contributed by atoms with Crippen molar-refractivity contribution in [1.29, 1.82) is 0 Å². The Morgan fingerprint density at radius 2 is 1.84 bits per heavy atom. The van der Waals surface area contributed by atoms with Gasteiger partial charge in [-0.05, 0) is 30.7 Å². The minimum atomic E-state index is 0.0649. The van der Waals surface area contributed by atoms with Gasteiger partial charge in [-0.2, -0.15) is 0 Å². The lowest BCUT2D eigenvalue weighted by Crippen LogP contribution is -2.05. The summed E-state index contributed by atoms with van der Waals surface area (Å²) < 4.78 is 0.721. The van der Waals surface area contributed by atoms with Crippen molar-refractivity contribution in [3.8, 4) is 11.5 Å². The zero-order valence-corrected chi connectivity index (χ0v) is 10.6. The minimum absolute atomic E-state index is 0.0649. The van der Waals surface area contributed by atoms with Gasteiger partial charge in [0.2, 0.25) is 0 Å². The molecule has 0 unspecified atom stereocenters. The first kappa shape index (κ1) is 13.0. The van der Waals surface area contributed by atoms with Gasteiger partial charge in [0, 0.05) is 5.56 Å². The van der Waals surface area contributed by atoms with Gasteiger partial charge in [-0.1, -0.05) is 24.3 Å². The van der Waals surface area contributed by atoms with Crippen molar-refractivity contribution in [3.63, 3.8) is 0 Å². The zero-order valence-electron chi connectivity index (χ0n) is 10.6. The van der Waals surface area contributed by atoms with Crippen LogP contribution >= 0.6 is 0 Å². The lowest BCUT2D eigenvalue weighted by Gasteiger charge is -2.06. The predicted molar refractivity (Wildman–Crippen MR) is 73.4 cm³/mol. The molecule has 0 saturated heterocycles. The Morgan fingerprint density at radius 1 is 1.11 bits per heavy atom. The summed E-state index contributed by atoms with van der Waals surface area (Å²) in [6.07, 6.45) is 1.33. The molecule has 0 heterocycles. The maximum atomic E-state index is 11.8. The van der Waals surface area contributed by atoms with Crippen molar-refractivity contribution in [1.82, 2.24) is 0 Å². The summed E-state index contributed by atoms with van der Waals surface area (Å²) in [5, 5.41) is 30.9. The fraction of sp³-hybridized carbons (Fsp3) is 0.133. The van der Waals surface area contributed by atoms with E-state index in [0.717, 1.165) is 10.3 Å². The van der Waals surface area contributed by atoms with Crippen LogP contribution in [-0.2, 0) is 6.54 Å². The van der Waals surface area contributed by atoms with Crippen molar-refractivity contribution < 1.29 is 15.0 Å². The van der Waals surface area contributed by atoms with Crippen LogP contribution in [-0.4, -0.2) is 21.2 Å². The van der Waals surface area contributed by atoms with Crippen molar-refractivity contribution in [2.45, 2.75) is 13.5 Å². The molecule has 4 heteroatoms. The fourth-order valence-electron chi connectivity index (χ4n) is 1.73. The van der Waals surface area contributed by atoms with Crippen LogP contribution in [0, 0.1) is 12.1 Å². The maximum Gasteiger partial charge on any atom is 0.185 e. The molecule has 0 aliphatic heterocycles. The molecule has 0 radical (unpaired) electrons. The molecule has 0 fully saturated rings. The first-order chi connectivity index (χ1) is 9.06. The van der Waals surface area contributed by atoms with Crippen molar-refractivity contribution >= 4 is 6.21 Å². The SMILES string of the molecule is Cc1ccc(C/[N+]([O-])=C/c2ccccc2O)cc1O. The number of hydrogen-bond acceptors (Lipinski definition) is 3. The van der Waals surface area contributed by atoms with Crippen LogP contribution in [0.2, 0.25) is 0 Å². The summed E-state index contributed by atoms with van der Waals surface area (Å²) in [6, 6.07) is 11.7. The number of nitrogens with zero attached hydrogens (tertiary/aromatic N) is 1. The third-order valence-corrected chi connectivity index (χ3v) is 2.83. The lowest BCUT2D eigenvalue weighted by atomic mass is 10.1. The first-order valence-corrected chi connectivity index (χ1v) is 5.91. The molecule has 0 spiro atoms. The van der Waals surface area contributed by atoms with Gasteiger partial charge in [0.25, 0.3) is 0 Å². The number of hydrogen-bond donors (Lipinski definition) is 2. The highest BCUT2D eigenvalue weighted by atomic mass is 16.5. The molecule has 0 aliphatic rings. The summed E-state index contributed by atoms with van der Waals surface area (Å²) >= 11 is 0. The Bertz CT molecular complexity index is 621. The predicted octanol–water partition coefficient (Wildman–Crippen LogP) is 2.54. The molecule has 0 saturated carbocycles. The van der Waals surface area contributed by atoms with E-state index in [4.69, 9.17) is 0 Å². The van der Waals surface area contributed by atoms with E-state index in [1.165, 1.54) is 12.3 Å². The minimum Gasteiger partial charge on any atom is -0.624 e. The van der Waals surface area contributed by atoms with Gasteiger partial charge in [0.1, 0.15) is 11.5 Å². The number of para-hydroxylation sites is 1. The largest absolute Gasteiger partial charge is 0.624 e. The number of aryl methyl sites for hydroxylation is 1. The number of phenols is 2. The van der Waals surface area contributed by atoms with Gasteiger partial charge in [-0.15, -0.1) is 0 Å². The normalized spacial score (nSPS) is 11.5. The summed E-state index contributed by atoms with van der Waals surface area (Å²) in [6.45, 7) is 1.91. The molecule has 2 N–H and O–H groups in total. The van der Waals surface area contributed by atoms with E-state index < -0.39 is 0 Å². The third kappa shape index (κ3) is 3.25. The molecule has 2 rings (SSSR count). The highest BCUT2D eigenvalue weighted by Crippen LogP contribution is 2.18. The molecule has 98 valence electrons. The van der Waals surface area contributed by atoms with Crippen LogP contribution in [0.3, 0.4) is 0 Å². The molecule has 0 atom stereocenters. The molecule has 0 amide bonds. The Balaban J connectivity index is 2.19. The molecule has 4 nitrogen and oxygen atoms in total. The molecule has 2 aromatic rings. The second-order valence-electron chi connectivity index (χ2n) is 4.38. The summed E-state index contributed by atoms with van der Waals surface area (Å²) in [4.78, 5) is 0. The van der Waals surface area contributed by atoms with Gasteiger partial charge in [-0.25, -0.2) is 4.74 Å². The van der Waals surface area contributed by atoms with Crippen LogP contribution in [0.25, 0.3) is 0 Å². The smallest absolute Gasteiger partial charge is 0.185 e. The van der Waals surface area contributed by atoms with Crippen LogP contribution in [0.4, 0.5) is 0 Å². The molecule has 0 bridgehead atoms. The lowest BCUT2D eigenvalue weighted by molar-refractivity contribution is -0.469. The Kier molecular flexibility index (Phi) is 3.71. The highest BCUT2D eigenvalue weighted by molar-refractivity contribution is 5.79. The topological polar surface area (TPSA) is 66.5 Å². The molecule has 19 heavy (non-hydrogen) atoms. The van der Waals surface area contributed by atoms with E-state index in [1.807, 2.05) is 0 Å². The van der Waals surface area contributed by atoms with Gasteiger partial charge >= 0.3 is 0 Å². The fourth-order valence-corrected chi connectivity index (χ4v) is 1.73. The Hall–Kier alpha value is -2.49. The molecule has 0 aromatic heterocycles. The second-order valence-corrected chi connectivity index (χ2v) is 4.38. The van der Waals surface area contributed by atoms with Crippen LogP contribution in [0.1, 0.15) is 16.7 Å². The average Bonchev–Trinajstić information content (AvgIpc) is 2.37. The summed E-state index contributed by atoms with van der Waals surface area (Å²) in [5.41, 5.74) is 1.95. The summed E-state index contributed by atoms with van der Waals surface area (Å²) in [5.74, 6) is 0.239. The number of hydroxylamine groups is 1.